The van der Waals surface area contributed by atoms with Gasteiger partial charge in [0.05, 0.1) is 0 Å². The van der Waals surface area contributed by atoms with Crippen LogP contribution in [0.2, 0.25) is 0 Å². The zero-order valence-corrected chi connectivity index (χ0v) is 18.7. The van der Waals surface area contributed by atoms with Crippen LogP contribution in [0.4, 0.5) is 26.3 Å². The maximum atomic E-state index is 14.3. The first-order valence-electron chi connectivity index (χ1n) is 11.2. The first-order valence-corrected chi connectivity index (χ1v) is 11.2. The first-order chi connectivity index (χ1) is 15.5. The summed E-state index contributed by atoms with van der Waals surface area (Å²) in [5.41, 5.74) is -0.922. The Kier molecular flexibility index (Phi) is 7.85. The van der Waals surface area contributed by atoms with E-state index >= 15 is 0 Å². The van der Waals surface area contributed by atoms with Crippen molar-refractivity contribution in [3.63, 3.8) is 0 Å². The van der Waals surface area contributed by atoms with Gasteiger partial charge in [-0.1, -0.05) is 38.0 Å². The molecule has 1 aliphatic carbocycles. The van der Waals surface area contributed by atoms with Crippen LogP contribution in [-0.2, 0) is 6.18 Å². The predicted molar refractivity (Wildman–Crippen MR) is 113 cm³/mol. The highest BCUT2D eigenvalue weighted by Gasteiger charge is 2.40. The van der Waals surface area contributed by atoms with Gasteiger partial charge in [-0.05, 0) is 73.8 Å². The molecule has 182 valence electrons. The minimum Gasteiger partial charge on any atom is -0.482 e. The minimum absolute atomic E-state index is 0.127. The molecule has 0 heterocycles. The fourth-order valence-electron chi connectivity index (χ4n) is 4.41. The number of aryl methyl sites for hydroxylation is 1. The van der Waals surface area contributed by atoms with Crippen LogP contribution in [0.1, 0.15) is 68.1 Å². The molecule has 8 heteroatoms. The lowest BCUT2D eigenvalue weighted by atomic mass is 9.77. The number of alkyl halides is 5. The zero-order valence-electron chi connectivity index (χ0n) is 18.7. The van der Waals surface area contributed by atoms with E-state index in [1.54, 1.807) is 12.1 Å². The summed E-state index contributed by atoms with van der Waals surface area (Å²) in [4.78, 5) is 0. The lowest BCUT2D eigenvalue weighted by molar-refractivity contribution is -0.197. The molecule has 2 nitrogen and oxygen atoms in total. The van der Waals surface area contributed by atoms with Crippen molar-refractivity contribution in [2.75, 3.05) is 6.61 Å². The molecular weight excluding hydrogens is 446 g/mol. The third-order valence-electron chi connectivity index (χ3n) is 6.14. The van der Waals surface area contributed by atoms with Gasteiger partial charge in [0, 0.05) is 0 Å². The van der Waals surface area contributed by atoms with Crippen LogP contribution in [0.5, 0.6) is 11.5 Å². The van der Waals surface area contributed by atoms with Gasteiger partial charge in [-0.15, -0.1) is 0 Å². The Morgan fingerprint density at radius 3 is 2.12 bits per heavy atom. The molecule has 1 fully saturated rings. The molecule has 0 aromatic heterocycles. The molecule has 33 heavy (non-hydrogen) atoms. The summed E-state index contributed by atoms with van der Waals surface area (Å²) in [7, 11) is 0. The van der Waals surface area contributed by atoms with Gasteiger partial charge in [0.25, 0.3) is 0 Å². The molecule has 3 rings (SSSR count). The summed E-state index contributed by atoms with van der Waals surface area (Å²) < 4.78 is 91.3. The molecule has 2 aromatic carbocycles. The van der Waals surface area contributed by atoms with E-state index in [2.05, 4.69) is 16.4 Å². The van der Waals surface area contributed by atoms with Crippen LogP contribution in [0.15, 0.2) is 36.4 Å². The molecule has 0 radical (unpaired) electrons. The average Bonchev–Trinajstić information content (AvgIpc) is 2.75. The van der Waals surface area contributed by atoms with Crippen molar-refractivity contribution in [2.45, 2.75) is 70.6 Å². The summed E-state index contributed by atoms with van der Waals surface area (Å²) >= 11 is 0. The van der Waals surface area contributed by atoms with Crippen molar-refractivity contribution in [1.82, 2.24) is 0 Å². The second-order valence-electron chi connectivity index (χ2n) is 8.67. The van der Waals surface area contributed by atoms with Crippen molar-refractivity contribution in [1.29, 1.82) is 0 Å². The molecule has 0 unspecified atom stereocenters. The maximum Gasteiger partial charge on any atom is 0.432 e. The smallest absolute Gasteiger partial charge is 0.432 e. The van der Waals surface area contributed by atoms with Crippen molar-refractivity contribution in [3.05, 3.63) is 58.9 Å². The van der Waals surface area contributed by atoms with Crippen LogP contribution in [0.25, 0.3) is 0 Å². The Hall–Kier alpha value is -2.38. The average molecular weight is 474 g/mol. The second kappa shape index (κ2) is 10.3. The molecular formula is C25H28F6O2. The molecule has 0 N–H and O–H groups in total. The lowest BCUT2D eigenvalue weighted by Crippen LogP contribution is -2.33. The van der Waals surface area contributed by atoms with Crippen LogP contribution in [0, 0.1) is 18.7 Å². The van der Waals surface area contributed by atoms with E-state index in [0.29, 0.717) is 5.92 Å². The fraction of sp³-hybridized carbons (Fsp3) is 0.520. The highest BCUT2D eigenvalue weighted by molar-refractivity contribution is 5.40. The van der Waals surface area contributed by atoms with E-state index in [0.717, 1.165) is 56.2 Å². The van der Waals surface area contributed by atoms with E-state index in [1.165, 1.54) is 25.0 Å². The summed E-state index contributed by atoms with van der Waals surface area (Å²) in [6, 6.07) is 8.19. The molecule has 1 aliphatic rings. The molecule has 0 spiro atoms. The van der Waals surface area contributed by atoms with E-state index < -0.39 is 36.0 Å². The van der Waals surface area contributed by atoms with Crippen molar-refractivity contribution in [3.8, 4) is 11.5 Å². The maximum absolute atomic E-state index is 14.3. The van der Waals surface area contributed by atoms with Gasteiger partial charge in [0.1, 0.15) is 22.9 Å². The minimum atomic E-state index is -5.09. The highest BCUT2D eigenvalue weighted by Crippen LogP contribution is 2.40. The van der Waals surface area contributed by atoms with Gasteiger partial charge in [-0.25, -0.2) is 4.39 Å². The lowest BCUT2D eigenvalue weighted by Gasteiger charge is -2.28. The monoisotopic (exact) mass is 474 g/mol. The molecule has 2 aromatic rings. The summed E-state index contributed by atoms with van der Waals surface area (Å²) in [5, 5.41) is 0. The first kappa shape index (κ1) is 25.2. The molecule has 1 saturated carbocycles. The van der Waals surface area contributed by atoms with Crippen LogP contribution < -0.4 is 9.47 Å². The van der Waals surface area contributed by atoms with Crippen molar-refractivity contribution >= 4 is 0 Å². The Labute approximate surface area is 189 Å². The number of ether oxygens (including phenoxy) is 2. The third kappa shape index (κ3) is 6.58. The Balaban J connectivity index is 1.61. The predicted octanol–water partition coefficient (Wildman–Crippen LogP) is 8.28. The number of benzene rings is 2. The van der Waals surface area contributed by atoms with Gasteiger partial charge in [-0.3, -0.25) is 0 Å². The Morgan fingerprint density at radius 2 is 1.55 bits per heavy atom. The Morgan fingerprint density at radius 1 is 0.909 bits per heavy atom. The second-order valence-corrected chi connectivity index (χ2v) is 8.67. The number of rotatable bonds is 8. The van der Waals surface area contributed by atoms with Crippen LogP contribution in [0.3, 0.4) is 0 Å². The van der Waals surface area contributed by atoms with Crippen molar-refractivity contribution < 1.29 is 35.8 Å². The fourth-order valence-corrected chi connectivity index (χ4v) is 4.41. The zero-order chi connectivity index (χ0) is 24.2. The van der Waals surface area contributed by atoms with Gasteiger partial charge in [0.2, 0.25) is 0 Å². The van der Waals surface area contributed by atoms with Crippen LogP contribution in [-0.4, -0.2) is 12.7 Å². The number of hydrogen-bond donors (Lipinski definition) is 0. The van der Waals surface area contributed by atoms with E-state index in [4.69, 9.17) is 0 Å². The standard InChI is InChI=1S/C25H28F6O2/c1-3-4-17-6-8-18(9-7-17)19-10-12-20(13-11-19)33-24(27,28)15-32-21-14-5-16(2)23(26)22(21)25(29,30)31/h5,10-14,17-18H,3-4,6-9,15H2,1-2H3. The third-order valence-corrected chi connectivity index (χ3v) is 6.14. The highest BCUT2D eigenvalue weighted by atomic mass is 19.4. The topological polar surface area (TPSA) is 18.5 Å². The largest absolute Gasteiger partial charge is 0.482 e. The normalized spacial score (nSPS) is 19.4. The van der Waals surface area contributed by atoms with Gasteiger partial charge in [-0.2, -0.15) is 22.0 Å². The van der Waals surface area contributed by atoms with Gasteiger partial charge < -0.3 is 9.47 Å². The van der Waals surface area contributed by atoms with E-state index in [1.807, 2.05) is 0 Å². The SMILES string of the molecule is CCCC1CCC(c2ccc(OC(F)(F)COc3ccc(C)c(F)c3C(F)(F)F)cc2)CC1. The number of halogens is 6. The molecule has 0 atom stereocenters. The van der Waals surface area contributed by atoms with Crippen molar-refractivity contribution in [2.24, 2.45) is 5.92 Å². The molecule has 0 amide bonds. The molecule has 0 aliphatic heterocycles. The van der Waals surface area contributed by atoms with Gasteiger partial charge in [0.15, 0.2) is 6.61 Å². The van der Waals surface area contributed by atoms with E-state index in [9.17, 15) is 26.3 Å². The Bertz CT molecular complexity index is 916. The van der Waals surface area contributed by atoms with Crippen LogP contribution >= 0.6 is 0 Å². The molecule has 0 saturated heterocycles. The summed E-state index contributed by atoms with van der Waals surface area (Å²) in [6.07, 6.45) is -2.16. The quantitative estimate of drug-likeness (QED) is 0.359. The number of hydrogen-bond acceptors (Lipinski definition) is 2. The summed E-state index contributed by atoms with van der Waals surface area (Å²) in [6.45, 7) is 1.83. The molecule has 0 bridgehead atoms. The van der Waals surface area contributed by atoms with Gasteiger partial charge >= 0.3 is 12.3 Å². The van der Waals surface area contributed by atoms with E-state index in [-0.39, 0.29) is 11.3 Å². The summed E-state index contributed by atoms with van der Waals surface area (Å²) in [5.74, 6) is -1.55.